The van der Waals surface area contributed by atoms with Gasteiger partial charge in [-0.25, -0.2) is 0 Å². The van der Waals surface area contributed by atoms with Gasteiger partial charge in [0.2, 0.25) is 0 Å². The van der Waals surface area contributed by atoms with Gasteiger partial charge >= 0.3 is 0 Å². The largest absolute Gasteiger partial charge is 0.508 e. The van der Waals surface area contributed by atoms with Gasteiger partial charge in [0.25, 0.3) is 0 Å². The third-order valence-electron chi connectivity index (χ3n) is 4.11. The van der Waals surface area contributed by atoms with Crippen molar-refractivity contribution in [1.29, 1.82) is 0 Å². The second-order valence-electron chi connectivity index (χ2n) is 5.85. The lowest BCUT2D eigenvalue weighted by molar-refractivity contribution is 0.475. The summed E-state index contributed by atoms with van der Waals surface area (Å²) in [7, 11) is 0. The van der Waals surface area contributed by atoms with Gasteiger partial charge in [-0.3, -0.25) is 0 Å². The van der Waals surface area contributed by atoms with Crippen LogP contribution in [-0.2, 0) is 6.54 Å². The number of phenolic OH excluding ortho intramolecular Hbond substituents is 2. The van der Waals surface area contributed by atoms with Gasteiger partial charge < -0.3 is 15.5 Å². The molecule has 4 heteroatoms. The van der Waals surface area contributed by atoms with E-state index in [0.29, 0.717) is 0 Å². The van der Waals surface area contributed by atoms with Crippen molar-refractivity contribution in [2.24, 2.45) is 0 Å². The molecule has 0 spiro atoms. The molecule has 25 heavy (non-hydrogen) atoms. The monoisotopic (exact) mass is 355 g/mol. The maximum Gasteiger partial charge on any atom is 0.115 e. The topological polar surface area (TPSA) is 52.5 Å². The number of nitrogens with one attached hydrogen (secondary N) is 1. The van der Waals surface area contributed by atoms with Gasteiger partial charge in [-0.15, -0.1) is 12.4 Å². The maximum absolute atomic E-state index is 9.52. The third kappa shape index (κ3) is 5.24. The van der Waals surface area contributed by atoms with Crippen LogP contribution in [0.4, 0.5) is 0 Å². The predicted octanol–water partition coefficient (Wildman–Crippen LogP) is 4.44. The van der Waals surface area contributed by atoms with E-state index < -0.39 is 0 Å². The van der Waals surface area contributed by atoms with Crippen molar-refractivity contribution in [2.45, 2.75) is 12.5 Å². The summed E-state index contributed by atoms with van der Waals surface area (Å²) < 4.78 is 0. The van der Waals surface area contributed by atoms with Crippen LogP contribution in [-0.4, -0.2) is 16.8 Å². The number of halogens is 1. The lowest BCUT2D eigenvalue weighted by atomic mass is 9.91. The molecule has 0 aliphatic carbocycles. The molecule has 0 fully saturated rings. The molecule has 0 saturated carbocycles. The molecule has 0 bridgehead atoms. The summed E-state index contributed by atoms with van der Waals surface area (Å²) in [5.41, 5.74) is 3.49. The van der Waals surface area contributed by atoms with E-state index in [1.54, 1.807) is 24.3 Å². The number of rotatable bonds is 6. The molecule has 0 atom stereocenters. The van der Waals surface area contributed by atoms with Crippen LogP contribution in [0.15, 0.2) is 78.9 Å². The van der Waals surface area contributed by atoms with Crippen LogP contribution < -0.4 is 5.32 Å². The van der Waals surface area contributed by atoms with Gasteiger partial charge in [0.05, 0.1) is 0 Å². The lowest BCUT2D eigenvalue weighted by Crippen LogP contribution is -2.22. The fraction of sp³-hybridized carbons (Fsp3) is 0.143. The molecule has 0 heterocycles. The normalized spacial score (nSPS) is 10.4. The van der Waals surface area contributed by atoms with Crippen LogP contribution in [0.25, 0.3) is 0 Å². The molecule has 0 unspecified atom stereocenters. The fourth-order valence-electron chi connectivity index (χ4n) is 2.80. The number of hydrogen-bond donors (Lipinski definition) is 3. The molecule has 3 N–H and O–H groups in total. The molecule has 130 valence electrons. The molecule has 3 aromatic carbocycles. The van der Waals surface area contributed by atoms with Crippen LogP contribution in [0.5, 0.6) is 11.5 Å². The predicted molar refractivity (Wildman–Crippen MR) is 103 cm³/mol. The molecule has 0 amide bonds. The first-order valence-corrected chi connectivity index (χ1v) is 8.05. The number of benzene rings is 3. The van der Waals surface area contributed by atoms with Crippen LogP contribution in [0.3, 0.4) is 0 Å². The molecule has 0 aromatic heterocycles. The molecular formula is C21H22ClNO2. The molecule has 3 rings (SSSR count). The van der Waals surface area contributed by atoms with Crippen LogP contribution in [0, 0.1) is 0 Å². The van der Waals surface area contributed by atoms with E-state index in [4.69, 9.17) is 0 Å². The average molecular weight is 356 g/mol. The molecule has 0 aliphatic heterocycles. The summed E-state index contributed by atoms with van der Waals surface area (Å²) in [6.07, 6.45) is 0. The van der Waals surface area contributed by atoms with E-state index in [9.17, 15) is 10.2 Å². The molecule has 0 saturated heterocycles. The van der Waals surface area contributed by atoms with Gasteiger partial charge in [0.1, 0.15) is 11.5 Å². The van der Waals surface area contributed by atoms with Gasteiger partial charge in [0, 0.05) is 19.0 Å². The number of aromatic hydroxyl groups is 2. The lowest BCUT2D eigenvalue weighted by Gasteiger charge is -2.19. The Kier molecular flexibility index (Phi) is 6.87. The van der Waals surface area contributed by atoms with Crippen molar-refractivity contribution >= 4 is 12.4 Å². The maximum atomic E-state index is 9.52. The van der Waals surface area contributed by atoms with Crippen molar-refractivity contribution in [2.75, 3.05) is 6.54 Å². The highest BCUT2D eigenvalue weighted by Gasteiger charge is 2.14. The van der Waals surface area contributed by atoms with Crippen molar-refractivity contribution in [1.82, 2.24) is 5.32 Å². The molecular weight excluding hydrogens is 334 g/mol. The summed E-state index contributed by atoms with van der Waals surface area (Å²) in [6, 6.07) is 24.9. The average Bonchev–Trinajstić information content (AvgIpc) is 2.62. The zero-order valence-electron chi connectivity index (χ0n) is 13.8. The Balaban J connectivity index is 0.00000225. The summed E-state index contributed by atoms with van der Waals surface area (Å²) in [4.78, 5) is 0. The smallest absolute Gasteiger partial charge is 0.115 e. The Morgan fingerprint density at radius 1 is 0.680 bits per heavy atom. The summed E-state index contributed by atoms with van der Waals surface area (Å²) in [5, 5.41) is 22.5. The molecule has 3 aromatic rings. The Morgan fingerprint density at radius 3 is 1.64 bits per heavy atom. The zero-order valence-corrected chi connectivity index (χ0v) is 14.6. The van der Waals surface area contributed by atoms with E-state index in [1.165, 1.54) is 5.56 Å². The van der Waals surface area contributed by atoms with E-state index in [-0.39, 0.29) is 29.8 Å². The Hall–Kier alpha value is -2.49. The number of hydrogen-bond acceptors (Lipinski definition) is 3. The molecule has 3 nitrogen and oxygen atoms in total. The van der Waals surface area contributed by atoms with Crippen LogP contribution >= 0.6 is 12.4 Å². The molecule has 0 aliphatic rings. The summed E-state index contributed by atoms with van der Waals surface area (Å²) in [5.74, 6) is 0.677. The van der Waals surface area contributed by atoms with Gasteiger partial charge in [-0.05, 0) is 41.0 Å². The third-order valence-corrected chi connectivity index (χ3v) is 4.11. The Morgan fingerprint density at radius 2 is 1.16 bits per heavy atom. The second-order valence-corrected chi connectivity index (χ2v) is 5.85. The van der Waals surface area contributed by atoms with Crippen LogP contribution in [0.2, 0.25) is 0 Å². The SMILES string of the molecule is Cl.Oc1ccc(C(CNCc2ccccc2)c2ccc(O)cc2)cc1. The highest BCUT2D eigenvalue weighted by atomic mass is 35.5. The fourth-order valence-corrected chi connectivity index (χ4v) is 2.80. The number of phenols is 2. The van der Waals surface area contributed by atoms with Gasteiger partial charge in [-0.2, -0.15) is 0 Å². The zero-order chi connectivity index (χ0) is 16.8. The van der Waals surface area contributed by atoms with Crippen LogP contribution in [0.1, 0.15) is 22.6 Å². The standard InChI is InChI=1S/C21H21NO2.ClH/c23-19-10-6-17(7-11-19)21(18-8-12-20(24)13-9-18)15-22-14-16-4-2-1-3-5-16;/h1-13,21-24H,14-15H2;1H. The minimum atomic E-state index is 0. The minimum Gasteiger partial charge on any atom is -0.508 e. The van der Waals surface area contributed by atoms with E-state index in [0.717, 1.165) is 24.2 Å². The first kappa shape index (κ1) is 18.8. The molecule has 0 radical (unpaired) electrons. The first-order valence-electron chi connectivity index (χ1n) is 8.05. The highest BCUT2D eigenvalue weighted by Crippen LogP contribution is 2.27. The summed E-state index contributed by atoms with van der Waals surface area (Å²) in [6.45, 7) is 1.57. The summed E-state index contributed by atoms with van der Waals surface area (Å²) >= 11 is 0. The van der Waals surface area contributed by atoms with E-state index >= 15 is 0 Å². The van der Waals surface area contributed by atoms with Crippen molar-refractivity contribution in [3.05, 3.63) is 95.6 Å². The minimum absolute atomic E-state index is 0. The van der Waals surface area contributed by atoms with E-state index in [1.807, 2.05) is 42.5 Å². The Bertz CT molecular complexity index is 713. The quantitative estimate of drug-likeness (QED) is 0.612. The van der Waals surface area contributed by atoms with Crippen molar-refractivity contribution in [3.8, 4) is 11.5 Å². The first-order chi connectivity index (χ1) is 11.7. The van der Waals surface area contributed by atoms with Crippen molar-refractivity contribution in [3.63, 3.8) is 0 Å². The van der Waals surface area contributed by atoms with Gasteiger partial charge in [-0.1, -0.05) is 54.6 Å². The van der Waals surface area contributed by atoms with Gasteiger partial charge in [0.15, 0.2) is 0 Å². The highest BCUT2D eigenvalue weighted by molar-refractivity contribution is 5.85. The van der Waals surface area contributed by atoms with E-state index in [2.05, 4.69) is 17.4 Å². The van der Waals surface area contributed by atoms with Crippen molar-refractivity contribution < 1.29 is 10.2 Å². The Labute approximate surface area is 154 Å². The second kappa shape index (κ2) is 9.11.